The fourth-order valence-electron chi connectivity index (χ4n) is 7.70. The Morgan fingerprint density at radius 2 is 1.75 bits per heavy atom. The maximum atomic E-state index is 14.5. The minimum Gasteiger partial charge on any atom is -0.444 e. The van der Waals surface area contributed by atoms with Gasteiger partial charge in [-0.15, -0.1) is 0 Å². The molecule has 6 atom stereocenters. The molecule has 1 saturated carbocycles. The van der Waals surface area contributed by atoms with Crippen LogP contribution in [0.5, 0.6) is 0 Å². The molecule has 3 aliphatic heterocycles. The largest absolute Gasteiger partial charge is 0.444 e. The van der Waals surface area contributed by atoms with Crippen molar-refractivity contribution in [1.82, 2.24) is 31.1 Å². The summed E-state index contributed by atoms with van der Waals surface area (Å²) in [5, 5.41) is 10.8. The molecule has 0 bridgehead atoms. The van der Waals surface area contributed by atoms with Crippen molar-refractivity contribution in [3.63, 3.8) is 0 Å². The van der Waals surface area contributed by atoms with Crippen LogP contribution in [-0.4, -0.2) is 88.5 Å². The molecule has 14 nitrogen and oxygen atoms in total. The fourth-order valence-corrected chi connectivity index (χ4v) is 7.70. The van der Waals surface area contributed by atoms with Crippen LogP contribution >= 0.6 is 0 Å². The van der Waals surface area contributed by atoms with Crippen molar-refractivity contribution in [2.45, 2.75) is 114 Å². The number of halogens is 2. The lowest BCUT2D eigenvalue weighted by Crippen LogP contribution is -2.58. The Morgan fingerprint density at radius 1 is 1.00 bits per heavy atom. The van der Waals surface area contributed by atoms with Gasteiger partial charge in [-0.05, 0) is 75.8 Å². The number of benzene rings is 2. The number of allylic oxidation sites excluding steroid dienone is 1. The smallest absolute Gasteiger partial charge is 0.410 e. The Bertz CT molecular complexity index is 1920. The van der Waals surface area contributed by atoms with E-state index in [9.17, 15) is 37.5 Å². The lowest BCUT2D eigenvalue weighted by Gasteiger charge is -2.30. The molecule has 0 radical (unpaired) electrons. The molecule has 4 N–H and O–H groups in total. The highest BCUT2D eigenvalue weighted by Gasteiger charge is 2.61. The molecular weight excluding hydrogens is 742 g/mol. The molecule has 1 aliphatic carbocycles. The second kappa shape index (κ2) is 16.9. The number of nitrogens with zero attached hydrogens (tertiary/aromatic N) is 2. The van der Waals surface area contributed by atoms with Crippen LogP contribution in [0.15, 0.2) is 54.6 Å². The van der Waals surface area contributed by atoms with Gasteiger partial charge in [-0.2, -0.15) is 0 Å². The molecule has 16 heteroatoms. The van der Waals surface area contributed by atoms with Gasteiger partial charge in [-0.1, -0.05) is 49.3 Å². The van der Waals surface area contributed by atoms with Crippen LogP contribution in [0.2, 0.25) is 0 Å². The first kappa shape index (κ1) is 41.1. The summed E-state index contributed by atoms with van der Waals surface area (Å²) in [6.07, 6.45) is 4.25. The number of nitrogens with one attached hydrogen (secondary N) is 4. The van der Waals surface area contributed by atoms with Crippen LogP contribution in [0.1, 0.15) is 88.4 Å². The van der Waals surface area contributed by atoms with Gasteiger partial charge in [0.05, 0.1) is 13.1 Å². The predicted octanol–water partition coefficient (Wildman–Crippen LogP) is 4.28. The number of carbonyl (C=O) groups excluding carboxylic acids is 6. The molecule has 306 valence electrons. The highest BCUT2D eigenvalue weighted by molar-refractivity contribution is 6.00. The number of hydrogen-bond donors (Lipinski definition) is 4. The number of carbonyl (C=O) groups is 6. The summed E-state index contributed by atoms with van der Waals surface area (Å²) < 4.78 is 39.6. The third-order valence-corrected chi connectivity index (χ3v) is 10.8. The van der Waals surface area contributed by atoms with Crippen LogP contribution in [0, 0.1) is 17.6 Å². The van der Waals surface area contributed by atoms with Gasteiger partial charge in [0.1, 0.15) is 47.0 Å². The normalized spacial score (nSPS) is 25.4. The van der Waals surface area contributed by atoms with Gasteiger partial charge in [-0.25, -0.2) is 18.4 Å². The van der Waals surface area contributed by atoms with E-state index in [-0.39, 0.29) is 38.9 Å². The monoisotopic (exact) mass is 792 g/mol. The topological polar surface area (TPSA) is 175 Å². The second-order valence-corrected chi connectivity index (χ2v) is 16.1. The Hall–Kier alpha value is -5.54. The quantitative estimate of drug-likeness (QED) is 0.314. The van der Waals surface area contributed by atoms with Gasteiger partial charge in [0.2, 0.25) is 23.6 Å². The third kappa shape index (κ3) is 9.54. The Balaban J connectivity index is 1.27. The van der Waals surface area contributed by atoms with Crippen molar-refractivity contribution in [3.8, 4) is 0 Å². The standard InChI is InChI=1S/C41H50F2N6O8/c1-40(2,3)57-38(54)45-31-14-9-7-5-6-8-12-26-20-41(26,37(53)46-33(35(51)44-4)24-15-17-27(42)18-16-24)47-34(50)32-19-28(22-49(32)36(31)52)56-39(55)48-21-25-11-10-13-30(43)29(25)23-48/h8,10-13,15-18,26,28,31-33H,5-7,9,14,19-23H2,1-4H3,(H,44,51)(H,45,54)(H,46,53)(H,47,50)/t26-,28-,31+,32+,33+,41-/m1/s1. The predicted molar refractivity (Wildman–Crippen MR) is 202 cm³/mol. The highest BCUT2D eigenvalue weighted by Crippen LogP contribution is 2.46. The van der Waals surface area contributed by atoms with Gasteiger partial charge in [-0.3, -0.25) is 24.1 Å². The zero-order chi connectivity index (χ0) is 41.1. The molecule has 2 aromatic carbocycles. The zero-order valence-corrected chi connectivity index (χ0v) is 32.6. The first-order chi connectivity index (χ1) is 27.1. The van der Waals surface area contributed by atoms with Crippen LogP contribution in [-0.2, 0) is 41.7 Å². The summed E-state index contributed by atoms with van der Waals surface area (Å²) in [7, 11) is 1.40. The average molecular weight is 793 g/mol. The van der Waals surface area contributed by atoms with Crippen LogP contribution in [0.4, 0.5) is 18.4 Å². The number of amides is 6. The van der Waals surface area contributed by atoms with E-state index in [4.69, 9.17) is 9.47 Å². The Kier molecular flexibility index (Phi) is 12.2. The van der Waals surface area contributed by atoms with E-state index >= 15 is 0 Å². The average Bonchev–Trinajstić information content (AvgIpc) is 3.45. The van der Waals surface area contributed by atoms with E-state index < -0.39 is 88.7 Å². The fraction of sp³-hybridized carbons (Fsp3) is 0.512. The summed E-state index contributed by atoms with van der Waals surface area (Å²) in [5.74, 6) is -3.93. The van der Waals surface area contributed by atoms with Crippen molar-refractivity contribution < 1.29 is 47.0 Å². The van der Waals surface area contributed by atoms with E-state index in [2.05, 4.69) is 21.3 Å². The molecule has 6 amide bonds. The summed E-state index contributed by atoms with van der Waals surface area (Å²) in [6.45, 7) is 4.99. The molecular formula is C41H50F2N6O8. The van der Waals surface area contributed by atoms with Crippen LogP contribution < -0.4 is 21.3 Å². The number of rotatable bonds is 6. The maximum Gasteiger partial charge on any atom is 0.410 e. The van der Waals surface area contributed by atoms with E-state index in [0.717, 1.165) is 6.42 Å². The molecule has 0 unspecified atom stereocenters. The van der Waals surface area contributed by atoms with Crippen LogP contribution in [0.3, 0.4) is 0 Å². The van der Waals surface area contributed by atoms with Gasteiger partial charge in [0, 0.05) is 31.5 Å². The molecule has 0 aromatic heterocycles. The minimum absolute atomic E-state index is 0.0104. The Morgan fingerprint density at radius 3 is 2.46 bits per heavy atom. The van der Waals surface area contributed by atoms with Gasteiger partial charge < -0.3 is 35.6 Å². The highest BCUT2D eigenvalue weighted by atomic mass is 19.1. The molecule has 3 heterocycles. The molecule has 2 aromatic rings. The second-order valence-electron chi connectivity index (χ2n) is 16.1. The van der Waals surface area contributed by atoms with Crippen molar-refractivity contribution in [2.75, 3.05) is 13.6 Å². The SMILES string of the molecule is CNC(=O)[C@@H](NC(=O)[C@@]12C[C@H]1C=CCCCCC[C@H](NC(=O)OC(C)(C)C)C(=O)N1C[C@H](OC(=O)N3Cc4cccc(F)c4C3)C[C@H]1C(=O)N2)c1ccc(F)cc1. The summed E-state index contributed by atoms with van der Waals surface area (Å²) >= 11 is 0. The van der Waals surface area contributed by atoms with E-state index in [1.807, 2.05) is 12.2 Å². The molecule has 1 saturated heterocycles. The van der Waals surface area contributed by atoms with Crippen LogP contribution in [0.25, 0.3) is 0 Å². The number of fused-ring (bicyclic) bond motifs is 3. The summed E-state index contributed by atoms with van der Waals surface area (Å²) in [4.78, 5) is 85.2. The zero-order valence-electron chi connectivity index (χ0n) is 32.6. The lowest BCUT2D eigenvalue weighted by atomic mass is 10.0. The molecule has 57 heavy (non-hydrogen) atoms. The molecule has 4 aliphatic rings. The molecule has 6 rings (SSSR count). The van der Waals surface area contributed by atoms with Crippen molar-refractivity contribution in [3.05, 3.63) is 82.9 Å². The third-order valence-electron chi connectivity index (χ3n) is 10.8. The van der Waals surface area contributed by atoms with Crippen molar-refractivity contribution >= 4 is 35.8 Å². The van der Waals surface area contributed by atoms with Gasteiger partial charge in [0.15, 0.2) is 0 Å². The lowest BCUT2D eigenvalue weighted by molar-refractivity contribution is -0.141. The van der Waals surface area contributed by atoms with Crippen molar-refractivity contribution in [1.29, 1.82) is 0 Å². The maximum absolute atomic E-state index is 14.5. The number of alkyl carbamates (subject to hydrolysis) is 1. The molecule has 2 fully saturated rings. The summed E-state index contributed by atoms with van der Waals surface area (Å²) in [5.41, 5.74) is -1.01. The number of hydrogen-bond acceptors (Lipinski definition) is 8. The Labute approximate surface area is 330 Å². The van der Waals surface area contributed by atoms with Crippen molar-refractivity contribution in [2.24, 2.45) is 5.92 Å². The van der Waals surface area contributed by atoms with Gasteiger partial charge in [0.25, 0.3) is 0 Å². The summed E-state index contributed by atoms with van der Waals surface area (Å²) in [6, 6.07) is 6.17. The van der Waals surface area contributed by atoms with E-state index in [0.29, 0.717) is 36.0 Å². The van der Waals surface area contributed by atoms with E-state index in [1.54, 1.807) is 32.9 Å². The molecule has 0 spiro atoms. The van der Waals surface area contributed by atoms with E-state index in [1.165, 1.54) is 47.2 Å². The first-order valence-corrected chi connectivity index (χ1v) is 19.4. The number of likely N-dealkylation sites (N-methyl/N-ethyl adjacent to an activating group) is 1. The number of ether oxygens (including phenoxy) is 2. The first-order valence-electron chi connectivity index (χ1n) is 19.4. The van der Waals surface area contributed by atoms with Gasteiger partial charge >= 0.3 is 12.2 Å². The minimum atomic E-state index is -1.51.